The van der Waals surface area contributed by atoms with Crippen molar-refractivity contribution in [3.8, 4) is 0 Å². The number of unbranched alkanes of at least 4 members (excludes halogenated alkanes) is 1. The van der Waals surface area contributed by atoms with Gasteiger partial charge in [-0.1, -0.05) is 24.9 Å². The second-order valence-electron chi connectivity index (χ2n) is 4.75. The van der Waals surface area contributed by atoms with Gasteiger partial charge in [-0.25, -0.2) is 0 Å². The van der Waals surface area contributed by atoms with Crippen LogP contribution in [-0.2, 0) is 11.3 Å². The van der Waals surface area contributed by atoms with Crippen molar-refractivity contribution in [1.82, 2.24) is 10.1 Å². The van der Waals surface area contributed by atoms with E-state index in [-0.39, 0.29) is 5.91 Å². The molecule has 0 saturated heterocycles. The molecule has 1 atom stereocenters. The maximum Gasteiger partial charge on any atom is 0.239 e. The molecule has 1 rings (SSSR count). The van der Waals surface area contributed by atoms with Gasteiger partial charge in [-0.05, 0) is 20.3 Å². The third kappa shape index (κ3) is 3.57. The average Bonchev–Trinajstić information content (AvgIpc) is 2.66. The standard InChI is InChI=1S/C13H23N3O2/c1-5-6-7-12(14)13(17)16(4)8-11-9(2)15-18-10(11)3/h12H,5-8,14H2,1-4H3. The number of likely N-dealkylation sites (N-methyl/N-ethyl adjacent to an activating group) is 1. The molecule has 1 amide bonds. The van der Waals surface area contributed by atoms with E-state index in [1.54, 1.807) is 11.9 Å². The fourth-order valence-electron chi connectivity index (χ4n) is 1.87. The van der Waals surface area contributed by atoms with Crippen molar-refractivity contribution in [3.63, 3.8) is 0 Å². The molecule has 1 aromatic rings. The van der Waals surface area contributed by atoms with Crippen molar-refractivity contribution in [3.05, 3.63) is 17.0 Å². The van der Waals surface area contributed by atoms with Crippen LogP contribution in [0.2, 0.25) is 0 Å². The van der Waals surface area contributed by atoms with Crippen LogP contribution in [0.15, 0.2) is 4.52 Å². The van der Waals surface area contributed by atoms with Crippen molar-refractivity contribution in [1.29, 1.82) is 0 Å². The molecule has 5 nitrogen and oxygen atoms in total. The summed E-state index contributed by atoms with van der Waals surface area (Å²) in [6.45, 7) is 6.32. The van der Waals surface area contributed by atoms with E-state index in [1.807, 2.05) is 13.8 Å². The van der Waals surface area contributed by atoms with Gasteiger partial charge in [0.25, 0.3) is 0 Å². The van der Waals surface area contributed by atoms with Gasteiger partial charge in [0, 0.05) is 12.6 Å². The first-order valence-electron chi connectivity index (χ1n) is 6.39. The molecule has 0 aliphatic carbocycles. The Morgan fingerprint density at radius 3 is 2.67 bits per heavy atom. The zero-order valence-electron chi connectivity index (χ0n) is 11.7. The normalized spacial score (nSPS) is 12.5. The van der Waals surface area contributed by atoms with Crippen LogP contribution in [0.5, 0.6) is 0 Å². The van der Waals surface area contributed by atoms with Crippen molar-refractivity contribution in [2.75, 3.05) is 7.05 Å². The lowest BCUT2D eigenvalue weighted by Gasteiger charge is -2.21. The maximum atomic E-state index is 12.0. The first-order valence-corrected chi connectivity index (χ1v) is 6.39. The molecule has 0 saturated carbocycles. The molecule has 102 valence electrons. The summed E-state index contributed by atoms with van der Waals surface area (Å²) in [5.41, 5.74) is 7.67. The largest absolute Gasteiger partial charge is 0.361 e. The molecule has 18 heavy (non-hydrogen) atoms. The number of nitrogens with two attached hydrogens (primary N) is 1. The Morgan fingerprint density at radius 2 is 2.17 bits per heavy atom. The zero-order chi connectivity index (χ0) is 13.7. The molecule has 0 bridgehead atoms. The third-order valence-corrected chi connectivity index (χ3v) is 3.14. The minimum atomic E-state index is -0.407. The van der Waals surface area contributed by atoms with E-state index in [0.717, 1.165) is 36.3 Å². The Hall–Kier alpha value is -1.36. The van der Waals surface area contributed by atoms with E-state index >= 15 is 0 Å². The smallest absolute Gasteiger partial charge is 0.239 e. The predicted octanol–water partition coefficient (Wildman–Crippen LogP) is 1.77. The summed E-state index contributed by atoms with van der Waals surface area (Å²) in [5.74, 6) is 0.734. The number of carbonyl (C=O) groups is 1. The fourth-order valence-corrected chi connectivity index (χ4v) is 1.87. The number of hydrogen-bond donors (Lipinski definition) is 1. The zero-order valence-corrected chi connectivity index (χ0v) is 11.7. The highest BCUT2D eigenvalue weighted by Crippen LogP contribution is 2.15. The summed E-state index contributed by atoms with van der Waals surface area (Å²) in [6.07, 6.45) is 2.77. The van der Waals surface area contributed by atoms with Gasteiger partial charge in [0.15, 0.2) is 0 Å². The Kier molecular flexibility index (Phi) is 5.34. The first-order chi connectivity index (χ1) is 8.47. The van der Waals surface area contributed by atoms with E-state index < -0.39 is 6.04 Å². The second-order valence-corrected chi connectivity index (χ2v) is 4.75. The molecule has 0 fully saturated rings. The highest BCUT2D eigenvalue weighted by atomic mass is 16.5. The summed E-state index contributed by atoms with van der Waals surface area (Å²) in [7, 11) is 1.76. The van der Waals surface area contributed by atoms with Crippen LogP contribution in [0.3, 0.4) is 0 Å². The molecule has 5 heteroatoms. The topological polar surface area (TPSA) is 72.4 Å². The van der Waals surface area contributed by atoms with E-state index in [2.05, 4.69) is 12.1 Å². The van der Waals surface area contributed by atoms with Crippen molar-refractivity contribution in [2.45, 2.75) is 52.6 Å². The lowest BCUT2D eigenvalue weighted by atomic mass is 10.1. The van der Waals surface area contributed by atoms with Crippen molar-refractivity contribution < 1.29 is 9.32 Å². The van der Waals surface area contributed by atoms with Gasteiger partial charge in [-0.3, -0.25) is 4.79 Å². The molecule has 1 aromatic heterocycles. The number of rotatable bonds is 6. The Labute approximate surface area is 108 Å². The minimum Gasteiger partial charge on any atom is -0.361 e. The summed E-state index contributed by atoms with van der Waals surface area (Å²) in [4.78, 5) is 13.7. The van der Waals surface area contributed by atoms with Crippen LogP contribution in [0.1, 0.15) is 43.2 Å². The molecule has 1 unspecified atom stereocenters. The predicted molar refractivity (Wildman–Crippen MR) is 70.0 cm³/mol. The lowest BCUT2D eigenvalue weighted by Crippen LogP contribution is -2.41. The number of hydrogen-bond acceptors (Lipinski definition) is 4. The molecular weight excluding hydrogens is 230 g/mol. The number of aryl methyl sites for hydroxylation is 2. The maximum absolute atomic E-state index is 12.0. The highest BCUT2D eigenvalue weighted by Gasteiger charge is 2.20. The molecule has 1 heterocycles. The van der Waals surface area contributed by atoms with Crippen LogP contribution in [0, 0.1) is 13.8 Å². The summed E-state index contributed by atoms with van der Waals surface area (Å²) < 4.78 is 5.08. The van der Waals surface area contributed by atoms with Gasteiger partial charge in [-0.2, -0.15) is 0 Å². The van der Waals surface area contributed by atoms with Gasteiger partial charge >= 0.3 is 0 Å². The van der Waals surface area contributed by atoms with Crippen LogP contribution in [0.25, 0.3) is 0 Å². The van der Waals surface area contributed by atoms with Gasteiger partial charge < -0.3 is 15.2 Å². The molecule has 0 aromatic carbocycles. The first kappa shape index (κ1) is 14.7. The minimum absolute atomic E-state index is 0.0246. The molecule has 2 N–H and O–H groups in total. The SMILES string of the molecule is CCCCC(N)C(=O)N(C)Cc1c(C)noc1C. The van der Waals surface area contributed by atoms with Gasteiger partial charge in [0.05, 0.1) is 18.3 Å². The summed E-state index contributed by atoms with van der Waals surface area (Å²) >= 11 is 0. The van der Waals surface area contributed by atoms with E-state index in [4.69, 9.17) is 10.3 Å². The molecule has 0 radical (unpaired) electrons. The number of aromatic nitrogens is 1. The van der Waals surface area contributed by atoms with Crippen LogP contribution in [-0.4, -0.2) is 29.1 Å². The van der Waals surface area contributed by atoms with Gasteiger partial charge in [-0.15, -0.1) is 0 Å². The summed E-state index contributed by atoms with van der Waals surface area (Å²) in [5, 5.41) is 3.88. The monoisotopic (exact) mass is 253 g/mol. The Bertz CT molecular complexity index is 381. The third-order valence-electron chi connectivity index (χ3n) is 3.14. The lowest BCUT2D eigenvalue weighted by molar-refractivity contribution is -0.132. The van der Waals surface area contributed by atoms with E-state index in [0.29, 0.717) is 6.54 Å². The molecule has 0 aliphatic rings. The Balaban J connectivity index is 2.60. The van der Waals surface area contributed by atoms with Crippen LogP contribution in [0.4, 0.5) is 0 Å². The molecule has 0 spiro atoms. The molecular formula is C13H23N3O2. The van der Waals surface area contributed by atoms with Gasteiger partial charge in [0.2, 0.25) is 5.91 Å². The quantitative estimate of drug-likeness (QED) is 0.838. The van der Waals surface area contributed by atoms with Crippen LogP contribution >= 0.6 is 0 Å². The Morgan fingerprint density at radius 1 is 1.50 bits per heavy atom. The van der Waals surface area contributed by atoms with E-state index in [9.17, 15) is 4.79 Å². The summed E-state index contributed by atoms with van der Waals surface area (Å²) in [6, 6.07) is -0.407. The molecule has 0 aliphatic heterocycles. The van der Waals surface area contributed by atoms with Crippen LogP contribution < -0.4 is 5.73 Å². The van der Waals surface area contributed by atoms with Gasteiger partial charge in [0.1, 0.15) is 5.76 Å². The van der Waals surface area contributed by atoms with E-state index in [1.165, 1.54) is 0 Å². The fraction of sp³-hybridized carbons (Fsp3) is 0.692. The average molecular weight is 253 g/mol. The number of amides is 1. The van der Waals surface area contributed by atoms with Crippen molar-refractivity contribution in [2.24, 2.45) is 5.73 Å². The number of carbonyl (C=O) groups excluding carboxylic acids is 1. The highest BCUT2D eigenvalue weighted by molar-refractivity contribution is 5.81. The van der Waals surface area contributed by atoms with Crippen molar-refractivity contribution >= 4 is 5.91 Å². The second kappa shape index (κ2) is 6.54. The number of nitrogens with zero attached hydrogens (tertiary/aromatic N) is 2.